The molecule has 2 atom stereocenters. The van der Waals surface area contributed by atoms with Gasteiger partial charge in [-0.1, -0.05) is 23.8 Å². The lowest BCUT2D eigenvalue weighted by Gasteiger charge is -2.36. The highest BCUT2D eigenvalue weighted by Crippen LogP contribution is 2.41. The molecule has 1 heterocycles. The Kier molecular flexibility index (Phi) is 4.11. The van der Waals surface area contributed by atoms with Crippen LogP contribution in [0.4, 0.5) is 0 Å². The summed E-state index contributed by atoms with van der Waals surface area (Å²) >= 11 is 0. The number of hydrogen-bond acceptors (Lipinski definition) is 2. The van der Waals surface area contributed by atoms with E-state index in [1.165, 1.54) is 42.5 Å². The molecule has 1 saturated carbocycles. The number of rotatable bonds is 3. The SMILES string of the molecule is Cc1ccc(C)c(CN2CC(C)(C3CC3)NCCC2C)c1. The molecule has 21 heavy (non-hydrogen) atoms. The van der Waals surface area contributed by atoms with Gasteiger partial charge in [-0.25, -0.2) is 0 Å². The molecule has 0 radical (unpaired) electrons. The summed E-state index contributed by atoms with van der Waals surface area (Å²) in [5.41, 5.74) is 4.63. The number of aryl methyl sites for hydroxylation is 2. The van der Waals surface area contributed by atoms with E-state index < -0.39 is 0 Å². The molecule has 2 aliphatic rings. The Hall–Kier alpha value is -0.860. The molecule has 0 amide bonds. The molecule has 1 aromatic carbocycles. The van der Waals surface area contributed by atoms with Crippen LogP contribution < -0.4 is 5.32 Å². The summed E-state index contributed by atoms with van der Waals surface area (Å²) in [6.07, 6.45) is 4.08. The molecule has 2 heteroatoms. The molecule has 1 aliphatic carbocycles. The molecule has 2 unspecified atom stereocenters. The first-order chi connectivity index (χ1) is 9.98. The van der Waals surface area contributed by atoms with Gasteiger partial charge in [0.1, 0.15) is 0 Å². The van der Waals surface area contributed by atoms with Crippen molar-refractivity contribution in [1.29, 1.82) is 0 Å². The van der Waals surface area contributed by atoms with Crippen LogP contribution in [-0.4, -0.2) is 29.6 Å². The second kappa shape index (κ2) is 5.73. The molecular weight excluding hydrogens is 256 g/mol. The molecule has 1 saturated heterocycles. The Morgan fingerprint density at radius 1 is 1.24 bits per heavy atom. The molecular formula is C19H30N2. The Labute approximate surface area is 129 Å². The minimum absolute atomic E-state index is 0.322. The maximum absolute atomic E-state index is 3.85. The van der Waals surface area contributed by atoms with E-state index in [-0.39, 0.29) is 0 Å². The van der Waals surface area contributed by atoms with Crippen LogP contribution in [0.1, 0.15) is 49.8 Å². The molecule has 1 aromatic rings. The quantitative estimate of drug-likeness (QED) is 0.912. The van der Waals surface area contributed by atoms with Gasteiger partial charge in [0.15, 0.2) is 0 Å². The summed E-state index contributed by atoms with van der Waals surface area (Å²) in [7, 11) is 0. The second-order valence-electron chi connectivity index (χ2n) is 7.59. The minimum atomic E-state index is 0.322. The fourth-order valence-corrected chi connectivity index (χ4v) is 3.78. The maximum atomic E-state index is 3.85. The third-order valence-corrected chi connectivity index (χ3v) is 5.60. The van der Waals surface area contributed by atoms with Gasteiger partial charge in [-0.3, -0.25) is 4.90 Å². The van der Waals surface area contributed by atoms with E-state index in [0.717, 1.165) is 19.0 Å². The zero-order valence-electron chi connectivity index (χ0n) is 14.1. The van der Waals surface area contributed by atoms with Gasteiger partial charge in [0.05, 0.1) is 0 Å². The lowest BCUT2D eigenvalue weighted by Crippen LogP contribution is -2.51. The van der Waals surface area contributed by atoms with Gasteiger partial charge in [0, 0.05) is 24.7 Å². The highest BCUT2D eigenvalue weighted by molar-refractivity contribution is 5.30. The summed E-state index contributed by atoms with van der Waals surface area (Å²) in [4.78, 5) is 2.71. The molecule has 0 spiro atoms. The summed E-state index contributed by atoms with van der Waals surface area (Å²) in [6, 6.07) is 7.53. The lowest BCUT2D eigenvalue weighted by atomic mass is 9.94. The van der Waals surface area contributed by atoms with Crippen molar-refractivity contribution in [1.82, 2.24) is 10.2 Å². The second-order valence-corrected chi connectivity index (χ2v) is 7.59. The number of hydrogen-bond donors (Lipinski definition) is 1. The van der Waals surface area contributed by atoms with Crippen molar-refractivity contribution < 1.29 is 0 Å². The fourth-order valence-electron chi connectivity index (χ4n) is 3.78. The van der Waals surface area contributed by atoms with Crippen molar-refractivity contribution in [2.24, 2.45) is 5.92 Å². The van der Waals surface area contributed by atoms with Crippen molar-refractivity contribution in [2.75, 3.05) is 13.1 Å². The highest BCUT2D eigenvalue weighted by Gasteiger charge is 2.43. The van der Waals surface area contributed by atoms with E-state index in [1.807, 2.05) is 0 Å². The number of benzene rings is 1. The molecule has 1 N–H and O–H groups in total. The molecule has 2 fully saturated rings. The van der Waals surface area contributed by atoms with Gasteiger partial charge in [-0.15, -0.1) is 0 Å². The minimum Gasteiger partial charge on any atom is -0.310 e. The Morgan fingerprint density at radius 3 is 2.71 bits per heavy atom. The van der Waals surface area contributed by atoms with Gasteiger partial charge >= 0.3 is 0 Å². The monoisotopic (exact) mass is 286 g/mol. The first kappa shape index (κ1) is 15.1. The maximum Gasteiger partial charge on any atom is 0.0308 e. The molecule has 1 aliphatic heterocycles. The summed E-state index contributed by atoms with van der Waals surface area (Å²) in [5.74, 6) is 0.893. The third kappa shape index (κ3) is 3.32. The zero-order valence-corrected chi connectivity index (χ0v) is 14.1. The van der Waals surface area contributed by atoms with Crippen LogP contribution in [0.25, 0.3) is 0 Å². The summed E-state index contributed by atoms with van der Waals surface area (Å²) < 4.78 is 0. The zero-order chi connectivity index (χ0) is 15.0. The van der Waals surface area contributed by atoms with Gasteiger partial charge in [0.2, 0.25) is 0 Å². The van der Waals surface area contributed by atoms with Gasteiger partial charge in [0.25, 0.3) is 0 Å². The first-order valence-corrected chi connectivity index (χ1v) is 8.53. The third-order valence-electron chi connectivity index (χ3n) is 5.60. The van der Waals surface area contributed by atoms with E-state index in [4.69, 9.17) is 0 Å². The van der Waals surface area contributed by atoms with E-state index in [2.05, 4.69) is 56.1 Å². The molecule has 0 aromatic heterocycles. The van der Waals surface area contributed by atoms with Crippen LogP contribution in [0.3, 0.4) is 0 Å². The van der Waals surface area contributed by atoms with Crippen molar-refractivity contribution in [3.8, 4) is 0 Å². The van der Waals surface area contributed by atoms with E-state index in [9.17, 15) is 0 Å². The topological polar surface area (TPSA) is 15.3 Å². The Balaban J connectivity index is 1.79. The van der Waals surface area contributed by atoms with E-state index in [1.54, 1.807) is 0 Å². The largest absolute Gasteiger partial charge is 0.310 e. The summed E-state index contributed by atoms with van der Waals surface area (Å²) in [6.45, 7) is 12.7. The van der Waals surface area contributed by atoms with Crippen LogP contribution >= 0.6 is 0 Å². The number of nitrogens with zero attached hydrogens (tertiary/aromatic N) is 1. The predicted octanol–water partition coefficient (Wildman–Crippen LogP) is 3.66. The van der Waals surface area contributed by atoms with Gasteiger partial charge in [-0.05, 0) is 70.5 Å². The highest BCUT2D eigenvalue weighted by atomic mass is 15.2. The molecule has 3 rings (SSSR count). The normalized spacial score (nSPS) is 31.1. The van der Waals surface area contributed by atoms with E-state index >= 15 is 0 Å². The fraction of sp³-hybridized carbons (Fsp3) is 0.684. The average molecular weight is 286 g/mol. The summed E-state index contributed by atoms with van der Waals surface area (Å²) in [5, 5.41) is 3.85. The first-order valence-electron chi connectivity index (χ1n) is 8.53. The van der Waals surface area contributed by atoms with E-state index in [0.29, 0.717) is 11.6 Å². The van der Waals surface area contributed by atoms with Crippen LogP contribution in [0, 0.1) is 19.8 Å². The lowest BCUT2D eigenvalue weighted by molar-refractivity contribution is 0.154. The standard InChI is InChI=1S/C19H30N2/c1-14-5-6-15(2)17(11-14)12-21-13-19(4,18-7-8-18)20-10-9-16(21)3/h5-6,11,16,18,20H,7-10,12-13H2,1-4H3. The molecule has 2 nitrogen and oxygen atoms in total. The predicted molar refractivity (Wildman–Crippen MR) is 89.5 cm³/mol. The van der Waals surface area contributed by atoms with Crippen LogP contribution in [0.2, 0.25) is 0 Å². The van der Waals surface area contributed by atoms with Crippen molar-refractivity contribution in [3.63, 3.8) is 0 Å². The molecule has 0 bridgehead atoms. The van der Waals surface area contributed by atoms with Gasteiger partial charge < -0.3 is 5.32 Å². The molecule has 116 valence electrons. The van der Waals surface area contributed by atoms with Crippen LogP contribution in [-0.2, 0) is 6.54 Å². The average Bonchev–Trinajstić information content (AvgIpc) is 3.26. The van der Waals surface area contributed by atoms with Gasteiger partial charge in [-0.2, -0.15) is 0 Å². The van der Waals surface area contributed by atoms with Crippen molar-refractivity contribution >= 4 is 0 Å². The van der Waals surface area contributed by atoms with Crippen molar-refractivity contribution in [2.45, 2.75) is 65.1 Å². The Bertz CT molecular complexity index is 506. The Morgan fingerprint density at radius 2 is 2.00 bits per heavy atom. The van der Waals surface area contributed by atoms with Crippen LogP contribution in [0.15, 0.2) is 18.2 Å². The van der Waals surface area contributed by atoms with Crippen molar-refractivity contribution in [3.05, 3.63) is 34.9 Å². The van der Waals surface area contributed by atoms with Crippen LogP contribution in [0.5, 0.6) is 0 Å². The smallest absolute Gasteiger partial charge is 0.0308 e. The number of nitrogens with one attached hydrogen (secondary N) is 1.